The van der Waals surface area contributed by atoms with Crippen LogP contribution >= 0.6 is 0 Å². The second-order valence-corrected chi connectivity index (χ2v) is 8.71. The summed E-state index contributed by atoms with van der Waals surface area (Å²) in [4.78, 5) is 15.2. The van der Waals surface area contributed by atoms with Gasteiger partial charge in [-0.3, -0.25) is 14.0 Å². The first-order valence-electron chi connectivity index (χ1n) is 11.6. The van der Waals surface area contributed by atoms with Crippen LogP contribution in [0.15, 0.2) is 71.8 Å². The van der Waals surface area contributed by atoms with Crippen LogP contribution in [0, 0.1) is 0 Å². The Morgan fingerprint density at radius 1 is 0.943 bits per heavy atom. The number of halogens is 3. The van der Waals surface area contributed by atoms with Crippen molar-refractivity contribution in [2.24, 2.45) is 0 Å². The molecule has 0 saturated carbocycles. The number of ether oxygens (including phenoxy) is 1. The molecule has 2 aromatic heterocycles. The minimum atomic E-state index is -4.38. The van der Waals surface area contributed by atoms with Gasteiger partial charge in [0.1, 0.15) is 12.4 Å². The second-order valence-electron chi connectivity index (χ2n) is 8.71. The van der Waals surface area contributed by atoms with Crippen molar-refractivity contribution < 1.29 is 17.9 Å². The SMILES string of the molecule is O=c1cc(OCc2ccc(C(F)(F)F)cc2)ccn1-c1ccc2c(cnn2CCN2CCCC2)c1. The van der Waals surface area contributed by atoms with E-state index in [2.05, 4.69) is 10.00 Å². The molecule has 0 atom stereocenters. The van der Waals surface area contributed by atoms with Crippen molar-refractivity contribution in [1.82, 2.24) is 19.2 Å². The van der Waals surface area contributed by atoms with Crippen LogP contribution in [0.25, 0.3) is 16.6 Å². The largest absolute Gasteiger partial charge is 0.489 e. The molecule has 4 aromatic rings. The molecule has 3 heterocycles. The number of likely N-dealkylation sites (tertiary alicyclic amines) is 1. The number of rotatable bonds is 7. The number of alkyl halides is 3. The third kappa shape index (κ3) is 5.24. The molecule has 1 aliphatic rings. The number of hydrogen-bond acceptors (Lipinski definition) is 4. The number of aromatic nitrogens is 3. The van der Waals surface area contributed by atoms with Crippen molar-refractivity contribution in [2.45, 2.75) is 32.2 Å². The van der Waals surface area contributed by atoms with E-state index in [4.69, 9.17) is 4.74 Å². The van der Waals surface area contributed by atoms with Gasteiger partial charge in [0.15, 0.2) is 0 Å². The molecule has 0 N–H and O–H groups in total. The van der Waals surface area contributed by atoms with Gasteiger partial charge < -0.3 is 9.64 Å². The maximum absolute atomic E-state index is 12.7. The van der Waals surface area contributed by atoms with Gasteiger partial charge >= 0.3 is 6.18 Å². The van der Waals surface area contributed by atoms with Crippen LogP contribution in [0.2, 0.25) is 0 Å². The van der Waals surface area contributed by atoms with Gasteiger partial charge in [0.05, 0.1) is 23.8 Å². The minimum absolute atomic E-state index is 0.0597. The van der Waals surface area contributed by atoms with Gasteiger partial charge in [0, 0.05) is 29.9 Å². The zero-order valence-electron chi connectivity index (χ0n) is 19.0. The lowest BCUT2D eigenvalue weighted by molar-refractivity contribution is -0.137. The Labute approximate surface area is 200 Å². The Morgan fingerprint density at radius 3 is 2.43 bits per heavy atom. The van der Waals surface area contributed by atoms with Gasteiger partial charge in [-0.25, -0.2) is 0 Å². The lowest BCUT2D eigenvalue weighted by Gasteiger charge is -2.14. The molecule has 0 radical (unpaired) electrons. The predicted octanol–water partition coefficient (Wildman–Crippen LogP) is 4.88. The van der Waals surface area contributed by atoms with Crippen LogP contribution in [0.3, 0.4) is 0 Å². The van der Waals surface area contributed by atoms with Gasteiger partial charge in [0.2, 0.25) is 0 Å². The number of nitrogens with zero attached hydrogens (tertiary/aromatic N) is 4. The fourth-order valence-electron chi connectivity index (χ4n) is 4.37. The number of fused-ring (bicyclic) bond motifs is 1. The Balaban J connectivity index is 1.26. The van der Waals surface area contributed by atoms with Crippen molar-refractivity contribution in [1.29, 1.82) is 0 Å². The molecule has 0 bridgehead atoms. The van der Waals surface area contributed by atoms with E-state index in [0.29, 0.717) is 11.3 Å². The highest BCUT2D eigenvalue weighted by Gasteiger charge is 2.29. The summed E-state index contributed by atoms with van der Waals surface area (Å²) >= 11 is 0. The molecule has 2 aromatic carbocycles. The Hall–Kier alpha value is -3.59. The zero-order valence-corrected chi connectivity index (χ0v) is 19.0. The zero-order chi connectivity index (χ0) is 24.4. The molecule has 0 amide bonds. The summed E-state index contributed by atoms with van der Waals surface area (Å²) in [5.74, 6) is 0.349. The summed E-state index contributed by atoms with van der Waals surface area (Å²) < 4.78 is 47.2. The van der Waals surface area contributed by atoms with Crippen LogP contribution < -0.4 is 10.3 Å². The molecule has 0 aliphatic carbocycles. The van der Waals surface area contributed by atoms with E-state index in [0.717, 1.165) is 54.9 Å². The molecule has 5 rings (SSSR count). The van der Waals surface area contributed by atoms with Crippen LogP contribution in [0.1, 0.15) is 24.0 Å². The Morgan fingerprint density at radius 2 is 1.71 bits per heavy atom. The Bertz CT molecular complexity index is 1370. The summed E-state index contributed by atoms with van der Waals surface area (Å²) in [5.41, 5.74) is 1.34. The summed E-state index contributed by atoms with van der Waals surface area (Å²) in [6.07, 6.45) is 1.59. The van der Waals surface area contributed by atoms with Crippen LogP contribution in [0.5, 0.6) is 5.75 Å². The molecule has 0 unspecified atom stereocenters. The van der Waals surface area contributed by atoms with Crippen molar-refractivity contribution in [2.75, 3.05) is 19.6 Å². The monoisotopic (exact) mass is 482 g/mol. The van der Waals surface area contributed by atoms with Crippen molar-refractivity contribution in [3.8, 4) is 11.4 Å². The van der Waals surface area contributed by atoms with Crippen LogP contribution in [-0.4, -0.2) is 38.9 Å². The van der Waals surface area contributed by atoms with E-state index in [-0.39, 0.29) is 12.2 Å². The average molecular weight is 483 g/mol. The van der Waals surface area contributed by atoms with E-state index in [1.165, 1.54) is 35.6 Å². The normalized spacial score (nSPS) is 14.6. The lowest BCUT2D eigenvalue weighted by atomic mass is 10.1. The number of pyridine rings is 1. The van der Waals surface area contributed by atoms with Crippen LogP contribution in [0.4, 0.5) is 13.2 Å². The summed E-state index contributed by atoms with van der Waals surface area (Å²) in [6.45, 7) is 4.16. The van der Waals surface area contributed by atoms with Gasteiger partial charge in [-0.15, -0.1) is 0 Å². The number of benzene rings is 2. The smallest absolute Gasteiger partial charge is 0.416 e. The molecular weight excluding hydrogens is 457 g/mol. The molecule has 9 heteroatoms. The third-order valence-corrected chi connectivity index (χ3v) is 6.31. The van der Waals surface area contributed by atoms with E-state index in [9.17, 15) is 18.0 Å². The van der Waals surface area contributed by atoms with Crippen molar-refractivity contribution >= 4 is 10.9 Å². The first-order chi connectivity index (χ1) is 16.9. The molecular formula is C26H25F3N4O2. The molecule has 6 nitrogen and oxygen atoms in total. The number of hydrogen-bond donors (Lipinski definition) is 0. The van der Waals surface area contributed by atoms with Crippen molar-refractivity contribution in [3.05, 3.63) is 88.5 Å². The van der Waals surface area contributed by atoms with E-state index < -0.39 is 11.7 Å². The third-order valence-electron chi connectivity index (χ3n) is 6.31. The van der Waals surface area contributed by atoms with E-state index in [1.54, 1.807) is 12.3 Å². The molecule has 182 valence electrons. The fraction of sp³-hybridized carbons (Fsp3) is 0.308. The van der Waals surface area contributed by atoms with E-state index in [1.807, 2.05) is 29.1 Å². The average Bonchev–Trinajstić information content (AvgIpc) is 3.50. The lowest BCUT2D eigenvalue weighted by Crippen LogP contribution is -2.24. The standard InChI is InChI=1S/C26H25F3N4O2/c27-26(28,29)21-5-3-19(4-6-21)18-35-23-9-12-32(25(34)16-23)22-7-8-24-20(15-22)17-30-33(24)14-13-31-10-1-2-11-31/h3-9,12,15-17H,1-2,10-11,13-14,18H2. The van der Waals surface area contributed by atoms with Gasteiger partial charge in [-0.1, -0.05) is 12.1 Å². The van der Waals surface area contributed by atoms with Crippen LogP contribution in [-0.2, 0) is 19.3 Å². The van der Waals surface area contributed by atoms with Gasteiger partial charge in [-0.05, 0) is 67.9 Å². The predicted molar refractivity (Wildman–Crippen MR) is 127 cm³/mol. The van der Waals surface area contributed by atoms with Crippen molar-refractivity contribution in [3.63, 3.8) is 0 Å². The molecule has 35 heavy (non-hydrogen) atoms. The molecule has 1 aliphatic heterocycles. The molecule has 0 spiro atoms. The highest BCUT2D eigenvalue weighted by atomic mass is 19.4. The topological polar surface area (TPSA) is 52.3 Å². The van der Waals surface area contributed by atoms with Gasteiger partial charge in [0.25, 0.3) is 5.56 Å². The summed E-state index contributed by atoms with van der Waals surface area (Å²) in [7, 11) is 0. The fourth-order valence-corrected chi connectivity index (χ4v) is 4.37. The maximum atomic E-state index is 12.7. The highest BCUT2D eigenvalue weighted by molar-refractivity contribution is 5.80. The highest BCUT2D eigenvalue weighted by Crippen LogP contribution is 2.29. The summed E-state index contributed by atoms with van der Waals surface area (Å²) in [5, 5.41) is 5.48. The quantitative estimate of drug-likeness (QED) is 0.377. The first kappa shape index (κ1) is 23.2. The minimum Gasteiger partial charge on any atom is -0.489 e. The molecule has 1 fully saturated rings. The van der Waals surface area contributed by atoms with E-state index >= 15 is 0 Å². The maximum Gasteiger partial charge on any atom is 0.416 e. The molecule has 1 saturated heterocycles. The second kappa shape index (κ2) is 9.58. The summed E-state index contributed by atoms with van der Waals surface area (Å²) in [6, 6.07) is 13.6. The Kier molecular flexibility index (Phi) is 6.34. The first-order valence-corrected chi connectivity index (χ1v) is 11.6. The van der Waals surface area contributed by atoms with Gasteiger partial charge in [-0.2, -0.15) is 18.3 Å².